The van der Waals surface area contributed by atoms with Crippen molar-refractivity contribution in [1.82, 2.24) is 9.38 Å². The molecule has 0 atom stereocenters. The van der Waals surface area contributed by atoms with Crippen LogP contribution in [0.2, 0.25) is 0 Å². The molecular formula is C18H15BrN2O5. The largest absolute Gasteiger partial charge is 0.497 e. The molecule has 0 aliphatic heterocycles. The third-order valence-corrected chi connectivity index (χ3v) is 4.08. The van der Waals surface area contributed by atoms with Crippen molar-refractivity contribution in [2.45, 2.75) is 6.61 Å². The summed E-state index contributed by atoms with van der Waals surface area (Å²) in [6.45, 7) is -0.125. The molecule has 2 aromatic heterocycles. The lowest BCUT2D eigenvalue weighted by Crippen LogP contribution is -2.16. The second-order valence-corrected chi connectivity index (χ2v) is 6.25. The first-order valence-corrected chi connectivity index (χ1v) is 8.37. The molecule has 0 N–H and O–H groups in total. The van der Waals surface area contributed by atoms with Gasteiger partial charge in [0.1, 0.15) is 23.8 Å². The molecule has 7 nitrogen and oxygen atoms in total. The van der Waals surface area contributed by atoms with E-state index in [4.69, 9.17) is 14.2 Å². The van der Waals surface area contributed by atoms with Crippen LogP contribution in [-0.4, -0.2) is 29.6 Å². The van der Waals surface area contributed by atoms with Gasteiger partial charge in [-0.05, 0) is 40.2 Å². The predicted molar refractivity (Wildman–Crippen MR) is 97.8 cm³/mol. The first kappa shape index (κ1) is 17.9. The molecule has 3 rings (SSSR count). The van der Waals surface area contributed by atoms with Crippen molar-refractivity contribution in [2.24, 2.45) is 0 Å². The molecule has 0 aliphatic rings. The highest BCUT2D eigenvalue weighted by Crippen LogP contribution is 2.23. The number of esters is 1. The number of aromatic nitrogens is 2. The van der Waals surface area contributed by atoms with E-state index in [1.54, 1.807) is 36.5 Å². The summed E-state index contributed by atoms with van der Waals surface area (Å²) in [5, 5.41) is 0. The lowest BCUT2D eigenvalue weighted by molar-refractivity contribution is 0.0467. The van der Waals surface area contributed by atoms with Crippen LogP contribution in [0.4, 0.5) is 0 Å². The van der Waals surface area contributed by atoms with Gasteiger partial charge in [-0.3, -0.25) is 9.20 Å². The Morgan fingerprint density at radius 1 is 1.12 bits per heavy atom. The number of ether oxygens (including phenoxy) is 3. The minimum atomic E-state index is -0.569. The second-order valence-electron chi connectivity index (χ2n) is 5.34. The van der Waals surface area contributed by atoms with E-state index in [1.165, 1.54) is 24.7 Å². The summed E-state index contributed by atoms with van der Waals surface area (Å²) >= 11 is 3.31. The summed E-state index contributed by atoms with van der Waals surface area (Å²) in [4.78, 5) is 28.8. The van der Waals surface area contributed by atoms with E-state index in [2.05, 4.69) is 20.9 Å². The number of hydrogen-bond donors (Lipinski definition) is 0. The van der Waals surface area contributed by atoms with Crippen LogP contribution in [-0.2, 0) is 11.3 Å². The van der Waals surface area contributed by atoms with Crippen LogP contribution in [0.15, 0.2) is 51.9 Å². The Labute approximate surface area is 157 Å². The average molecular weight is 419 g/mol. The maximum absolute atomic E-state index is 12.3. The standard InChI is InChI=1S/C18H15BrN2O5/c1-24-14-5-11(6-15(8-14)25-2)18(23)26-10-13-7-17(22)21-9-12(19)3-4-16(21)20-13/h3-9H,10H2,1-2H3. The Bertz CT molecular complexity index is 1010. The Balaban J connectivity index is 1.80. The molecule has 8 heteroatoms. The number of carbonyl (C=O) groups is 1. The molecule has 1 aromatic carbocycles. The van der Waals surface area contributed by atoms with Crippen LogP contribution < -0.4 is 15.0 Å². The number of nitrogens with zero attached hydrogens (tertiary/aromatic N) is 2. The van der Waals surface area contributed by atoms with Gasteiger partial charge in [0.25, 0.3) is 5.56 Å². The van der Waals surface area contributed by atoms with Crippen LogP contribution in [0, 0.1) is 0 Å². The lowest BCUT2D eigenvalue weighted by Gasteiger charge is -2.09. The zero-order valence-corrected chi connectivity index (χ0v) is 15.6. The topological polar surface area (TPSA) is 79.1 Å². The maximum Gasteiger partial charge on any atom is 0.338 e. The van der Waals surface area contributed by atoms with Crippen LogP contribution in [0.3, 0.4) is 0 Å². The molecule has 0 fully saturated rings. The van der Waals surface area contributed by atoms with Gasteiger partial charge < -0.3 is 14.2 Å². The van der Waals surface area contributed by atoms with Crippen LogP contribution in [0.5, 0.6) is 11.5 Å². The van der Waals surface area contributed by atoms with E-state index in [9.17, 15) is 9.59 Å². The number of pyridine rings is 1. The third kappa shape index (κ3) is 3.85. The first-order chi connectivity index (χ1) is 12.5. The van der Waals surface area contributed by atoms with Gasteiger partial charge in [0.05, 0.1) is 25.5 Å². The van der Waals surface area contributed by atoms with E-state index in [1.807, 2.05) is 0 Å². The van der Waals surface area contributed by atoms with Crippen molar-refractivity contribution in [1.29, 1.82) is 0 Å². The molecule has 0 bridgehead atoms. The Hall–Kier alpha value is -2.87. The highest BCUT2D eigenvalue weighted by Gasteiger charge is 2.12. The second kappa shape index (κ2) is 7.57. The minimum Gasteiger partial charge on any atom is -0.497 e. The van der Waals surface area contributed by atoms with Crippen molar-refractivity contribution in [2.75, 3.05) is 14.2 Å². The first-order valence-electron chi connectivity index (χ1n) is 7.58. The van der Waals surface area contributed by atoms with Gasteiger partial charge in [0.2, 0.25) is 0 Å². The summed E-state index contributed by atoms with van der Waals surface area (Å²) in [6, 6.07) is 9.56. The summed E-state index contributed by atoms with van der Waals surface area (Å²) < 4.78 is 17.7. The number of carbonyl (C=O) groups excluding carboxylic acids is 1. The summed E-state index contributed by atoms with van der Waals surface area (Å²) in [7, 11) is 2.99. The predicted octanol–water partition coefficient (Wildman–Crippen LogP) is 2.83. The normalized spacial score (nSPS) is 10.6. The molecule has 0 spiro atoms. The molecule has 134 valence electrons. The monoisotopic (exact) mass is 418 g/mol. The lowest BCUT2D eigenvalue weighted by atomic mass is 10.2. The van der Waals surface area contributed by atoms with Crippen molar-refractivity contribution >= 4 is 27.5 Å². The van der Waals surface area contributed by atoms with Crippen molar-refractivity contribution in [3.05, 3.63) is 68.7 Å². The van der Waals surface area contributed by atoms with Gasteiger partial charge in [-0.2, -0.15) is 0 Å². The minimum absolute atomic E-state index is 0.125. The zero-order valence-electron chi connectivity index (χ0n) is 14.1. The summed E-state index contributed by atoms with van der Waals surface area (Å²) in [5.41, 5.74) is 0.850. The fraction of sp³-hybridized carbons (Fsp3) is 0.167. The quantitative estimate of drug-likeness (QED) is 0.592. The Morgan fingerprint density at radius 3 is 2.46 bits per heavy atom. The smallest absolute Gasteiger partial charge is 0.338 e. The molecule has 0 amide bonds. The molecule has 3 aromatic rings. The molecule has 0 unspecified atom stereocenters. The zero-order chi connectivity index (χ0) is 18.7. The summed E-state index contributed by atoms with van der Waals surface area (Å²) in [5.74, 6) is 0.382. The van der Waals surface area contributed by atoms with E-state index in [0.29, 0.717) is 22.8 Å². The molecule has 26 heavy (non-hydrogen) atoms. The van der Waals surface area contributed by atoms with Gasteiger partial charge in [0, 0.05) is 22.8 Å². The molecule has 2 heterocycles. The Morgan fingerprint density at radius 2 is 1.81 bits per heavy atom. The van der Waals surface area contributed by atoms with E-state index >= 15 is 0 Å². The van der Waals surface area contributed by atoms with Gasteiger partial charge in [0.15, 0.2) is 0 Å². The fourth-order valence-corrected chi connectivity index (χ4v) is 2.69. The number of fused-ring (bicyclic) bond motifs is 1. The van der Waals surface area contributed by atoms with Gasteiger partial charge >= 0.3 is 5.97 Å². The molecule has 0 saturated heterocycles. The van der Waals surface area contributed by atoms with Gasteiger partial charge in [-0.25, -0.2) is 9.78 Å². The van der Waals surface area contributed by atoms with E-state index in [0.717, 1.165) is 4.47 Å². The fourth-order valence-electron chi connectivity index (χ4n) is 2.35. The highest BCUT2D eigenvalue weighted by atomic mass is 79.9. The highest BCUT2D eigenvalue weighted by molar-refractivity contribution is 9.10. The average Bonchev–Trinajstić information content (AvgIpc) is 2.66. The van der Waals surface area contributed by atoms with Crippen molar-refractivity contribution in [3.8, 4) is 11.5 Å². The number of benzene rings is 1. The number of rotatable bonds is 5. The number of halogens is 1. The van der Waals surface area contributed by atoms with Crippen LogP contribution in [0.25, 0.3) is 5.65 Å². The van der Waals surface area contributed by atoms with Crippen molar-refractivity contribution < 1.29 is 19.0 Å². The van der Waals surface area contributed by atoms with Crippen LogP contribution >= 0.6 is 15.9 Å². The maximum atomic E-state index is 12.3. The van der Waals surface area contributed by atoms with Crippen LogP contribution in [0.1, 0.15) is 16.1 Å². The molecule has 0 saturated carbocycles. The van der Waals surface area contributed by atoms with E-state index < -0.39 is 5.97 Å². The van der Waals surface area contributed by atoms with Crippen molar-refractivity contribution in [3.63, 3.8) is 0 Å². The Kier molecular flexibility index (Phi) is 5.22. The third-order valence-electron chi connectivity index (χ3n) is 3.61. The van der Waals surface area contributed by atoms with E-state index in [-0.39, 0.29) is 17.7 Å². The molecule has 0 radical (unpaired) electrons. The van der Waals surface area contributed by atoms with Gasteiger partial charge in [-0.1, -0.05) is 0 Å². The molecule has 0 aliphatic carbocycles. The van der Waals surface area contributed by atoms with Gasteiger partial charge in [-0.15, -0.1) is 0 Å². The molecular weight excluding hydrogens is 404 g/mol. The SMILES string of the molecule is COc1cc(OC)cc(C(=O)OCc2cc(=O)n3cc(Br)ccc3n2)c1. The number of hydrogen-bond acceptors (Lipinski definition) is 6. The summed E-state index contributed by atoms with van der Waals surface area (Å²) in [6.07, 6.45) is 1.63. The number of methoxy groups -OCH3 is 2.